The topological polar surface area (TPSA) is 72.8 Å². The van der Waals surface area contributed by atoms with Crippen molar-refractivity contribution < 1.29 is 24.2 Å². The summed E-state index contributed by atoms with van der Waals surface area (Å²) in [4.78, 5) is 23.8. The quantitative estimate of drug-likeness (QED) is 0.0985. The zero-order chi connectivity index (χ0) is 21.5. The molecule has 1 aliphatic heterocycles. The van der Waals surface area contributed by atoms with E-state index in [9.17, 15) is 14.7 Å². The van der Waals surface area contributed by atoms with Gasteiger partial charge in [0.25, 0.3) is 5.79 Å². The van der Waals surface area contributed by atoms with Gasteiger partial charge in [-0.15, -0.1) is 0 Å². The summed E-state index contributed by atoms with van der Waals surface area (Å²) in [5.74, 6) is -3.09. The van der Waals surface area contributed by atoms with Crippen LogP contribution in [0, 0.1) is 0 Å². The molecule has 0 aliphatic carbocycles. The van der Waals surface area contributed by atoms with E-state index in [2.05, 4.69) is 6.92 Å². The molecular formula is C24H42O5. The number of aliphatic hydroxyl groups excluding tert-OH is 1. The number of carbonyl (C=O) groups excluding carboxylic acids is 2. The Morgan fingerprint density at radius 2 is 1.03 bits per heavy atom. The number of cyclic esters (lactones) is 2. The fraction of sp³-hybridized carbons (Fsp3) is 0.833. The van der Waals surface area contributed by atoms with Crippen molar-refractivity contribution in [2.75, 3.05) is 0 Å². The van der Waals surface area contributed by atoms with Gasteiger partial charge in [0.15, 0.2) is 5.57 Å². The molecule has 1 aliphatic rings. The average molecular weight is 411 g/mol. The van der Waals surface area contributed by atoms with E-state index in [1.807, 2.05) is 0 Å². The van der Waals surface area contributed by atoms with Crippen molar-refractivity contribution >= 4 is 11.9 Å². The average Bonchev–Trinajstić information content (AvgIpc) is 2.63. The number of rotatable bonds is 16. The maximum atomic E-state index is 11.9. The molecule has 0 aromatic carbocycles. The van der Waals surface area contributed by atoms with Crippen molar-refractivity contribution in [3.05, 3.63) is 11.3 Å². The number of hydrogen-bond donors (Lipinski definition) is 1. The summed E-state index contributed by atoms with van der Waals surface area (Å²) in [5.41, 5.74) is -0.352. The van der Waals surface area contributed by atoms with Crippen molar-refractivity contribution in [2.24, 2.45) is 0 Å². The first kappa shape index (κ1) is 25.5. The summed E-state index contributed by atoms with van der Waals surface area (Å²) in [5, 5.41) is 10.1. The molecule has 1 saturated heterocycles. The van der Waals surface area contributed by atoms with Crippen LogP contribution < -0.4 is 0 Å². The zero-order valence-corrected chi connectivity index (χ0v) is 18.9. The lowest BCUT2D eigenvalue weighted by atomic mass is 10.0. The molecule has 29 heavy (non-hydrogen) atoms. The number of esters is 2. The number of carbonyl (C=O) groups is 2. The Bertz CT molecular complexity index is 499. The minimum Gasteiger partial charge on any atom is -0.511 e. The van der Waals surface area contributed by atoms with Gasteiger partial charge in [0.1, 0.15) is 5.76 Å². The molecule has 0 unspecified atom stereocenters. The largest absolute Gasteiger partial charge is 0.511 e. The standard InChI is InChI=1S/C24H42O5/c1-4-5-6-7-8-9-10-11-12-13-14-15-16-17-18-19-20(25)21-22(26)28-24(2,3)29-23(21)27/h25H,4-19H2,1-3H3. The third-order valence-electron chi connectivity index (χ3n) is 5.39. The first-order valence-corrected chi connectivity index (χ1v) is 11.8. The van der Waals surface area contributed by atoms with E-state index >= 15 is 0 Å². The van der Waals surface area contributed by atoms with Crippen LogP contribution in [-0.4, -0.2) is 22.8 Å². The van der Waals surface area contributed by atoms with Gasteiger partial charge in [0.05, 0.1) is 0 Å². The fourth-order valence-corrected chi connectivity index (χ4v) is 3.68. The maximum Gasteiger partial charge on any atom is 0.352 e. The molecule has 0 atom stereocenters. The lowest BCUT2D eigenvalue weighted by Crippen LogP contribution is -2.42. The number of aliphatic hydroxyl groups is 1. The lowest BCUT2D eigenvalue weighted by Gasteiger charge is -2.30. The summed E-state index contributed by atoms with van der Waals surface area (Å²) < 4.78 is 10.0. The zero-order valence-electron chi connectivity index (χ0n) is 18.9. The van der Waals surface area contributed by atoms with Crippen LogP contribution in [0.5, 0.6) is 0 Å². The van der Waals surface area contributed by atoms with Crippen molar-refractivity contribution in [1.82, 2.24) is 0 Å². The summed E-state index contributed by atoms with van der Waals surface area (Å²) in [7, 11) is 0. The predicted molar refractivity (Wildman–Crippen MR) is 115 cm³/mol. The number of ether oxygens (including phenoxy) is 2. The number of allylic oxidation sites excluding steroid dienone is 1. The van der Waals surface area contributed by atoms with E-state index in [4.69, 9.17) is 9.47 Å². The van der Waals surface area contributed by atoms with Gasteiger partial charge in [-0.2, -0.15) is 0 Å². The lowest BCUT2D eigenvalue weighted by molar-refractivity contribution is -0.222. The summed E-state index contributed by atoms with van der Waals surface area (Å²) in [6.45, 7) is 5.24. The van der Waals surface area contributed by atoms with Crippen molar-refractivity contribution in [3.8, 4) is 0 Å². The molecule has 1 N–H and O–H groups in total. The van der Waals surface area contributed by atoms with E-state index in [-0.39, 0.29) is 11.3 Å². The molecular weight excluding hydrogens is 368 g/mol. The van der Waals surface area contributed by atoms with Crippen LogP contribution in [0.25, 0.3) is 0 Å². The monoisotopic (exact) mass is 410 g/mol. The van der Waals surface area contributed by atoms with Crippen LogP contribution in [0.4, 0.5) is 0 Å². The Morgan fingerprint density at radius 3 is 1.41 bits per heavy atom. The van der Waals surface area contributed by atoms with Crippen LogP contribution in [0.1, 0.15) is 124 Å². The molecule has 1 fully saturated rings. The molecule has 1 heterocycles. The Morgan fingerprint density at radius 1 is 0.690 bits per heavy atom. The summed E-state index contributed by atoms with van der Waals surface area (Å²) in [6.07, 6.45) is 19.3. The van der Waals surface area contributed by atoms with Crippen LogP contribution in [0.15, 0.2) is 11.3 Å². The van der Waals surface area contributed by atoms with Crippen LogP contribution in [0.3, 0.4) is 0 Å². The first-order valence-electron chi connectivity index (χ1n) is 11.8. The van der Waals surface area contributed by atoms with E-state index in [0.29, 0.717) is 6.42 Å². The van der Waals surface area contributed by atoms with Gasteiger partial charge in [-0.05, 0) is 6.42 Å². The minimum atomic E-state index is -1.27. The van der Waals surface area contributed by atoms with E-state index in [0.717, 1.165) is 19.3 Å². The molecule has 0 saturated carbocycles. The van der Waals surface area contributed by atoms with Crippen molar-refractivity contribution in [2.45, 2.75) is 129 Å². The highest BCUT2D eigenvalue weighted by Gasteiger charge is 2.40. The molecule has 0 aromatic heterocycles. The SMILES string of the molecule is CCCCCCCCCCCCCCCCCC(O)=C1C(=O)OC(C)(C)OC1=O. The second-order valence-electron chi connectivity index (χ2n) is 8.70. The molecule has 0 amide bonds. The third-order valence-corrected chi connectivity index (χ3v) is 5.39. The third kappa shape index (κ3) is 11.3. The molecule has 0 radical (unpaired) electrons. The van der Waals surface area contributed by atoms with Crippen LogP contribution in [0.2, 0.25) is 0 Å². The van der Waals surface area contributed by atoms with Gasteiger partial charge in [0, 0.05) is 20.3 Å². The molecule has 5 heteroatoms. The minimum absolute atomic E-state index is 0.217. The van der Waals surface area contributed by atoms with E-state index < -0.39 is 17.7 Å². The van der Waals surface area contributed by atoms with Crippen LogP contribution >= 0.6 is 0 Å². The molecule has 1 rings (SSSR count). The maximum absolute atomic E-state index is 11.9. The number of hydrogen-bond acceptors (Lipinski definition) is 5. The normalized spacial score (nSPS) is 15.9. The Labute approximate surface area is 177 Å². The smallest absolute Gasteiger partial charge is 0.352 e. The van der Waals surface area contributed by atoms with Gasteiger partial charge < -0.3 is 14.6 Å². The highest BCUT2D eigenvalue weighted by atomic mass is 16.7. The van der Waals surface area contributed by atoms with Crippen molar-refractivity contribution in [1.29, 1.82) is 0 Å². The Hall–Kier alpha value is -1.52. The summed E-state index contributed by atoms with van der Waals surface area (Å²) in [6, 6.07) is 0. The first-order chi connectivity index (χ1) is 13.9. The van der Waals surface area contributed by atoms with Gasteiger partial charge in [-0.3, -0.25) is 0 Å². The van der Waals surface area contributed by atoms with E-state index in [1.165, 1.54) is 90.9 Å². The Balaban J connectivity index is 1.99. The predicted octanol–water partition coefficient (Wildman–Crippen LogP) is 6.90. The van der Waals surface area contributed by atoms with Crippen LogP contribution in [-0.2, 0) is 19.1 Å². The highest BCUT2D eigenvalue weighted by Crippen LogP contribution is 2.25. The summed E-state index contributed by atoms with van der Waals surface area (Å²) >= 11 is 0. The van der Waals surface area contributed by atoms with Crippen molar-refractivity contribution in [3.63, 3.8) is 0 Å². The van der Waals surface area contributed by atoms with Gasteiger partial charge >= 0.3 is 11.9 Å². The number of unbranched alkanes of at least 4 members (excludes halogenated alkanes) is 14. The van der Waals surface area contributed by atoms with Gasteiger partial charge in [-0.1, -0.05) is 96.8 Å². The second-order valence-corrected chi connectivity index (χ2v) is 8.70. The molecule has 0 aromatic rings. The molecule has 0 spiro atoms. The molecule has 168 valence electrons. The van der Waals surface area contributed by atoms with Gasteiger partial charge in [-0.25, -0.2) is 9.59 Å². The fourth-order valence-electron chi connectivity index (χ4n) is 3.68. The Kier molecular flexibility index (Phi) is 12.7. The van der Waals surface area contributed by atoms with E-state index in [1.54, 1.807) is 0 Å². The van der Waals surface area contributed by atoms with Gasteiger partial charge in [0.2, 0.25) is 0 Å². The second kappa shape index (κ2) is 14.5. The molecule has 0 bridgehead atoms. The molecule has 5 nitrogen and oxygen atoms in total. The highest BCUT2D eigenvalue weighted by molar-refractivity contribution is 6.15.